The second-order valence-electron chi connectivity index (χ2n) is 5.85. The second kappa shape index (κ2) is 7.50. The summed E-state index contributed by atoms with van der Waals surface area (Å²) < 4.78 is 0. The van der Waals surface area contributed by atoms with Crippen LogP contribution in [0.2, 0.25) is 0 Å². The van der Waals surface area contributed by atoms with Crippen LogP contribution in [0.3, 0.4) is 0 Å². The number of thiazole rings is 1. The quantitative estimate of drug-likeness (QED) is 0.845. The van der Waals surface area contributed by atoms with Gasteiger partial charge in [-0.15, -0.1) is 11.3 Å². The van der Waals surface area contributed by atoms with Gasteiger partial charge in [-0.2, -0.15) is 0 Å². The van der Waals surface area contributed by atoms with Gasteiger partial charge >= 0.3 is 0 Å². The molecule has 1 N–H and O–H groups in total. The smallest absolute Gasteiger partial charge is 0.112 e. The van der Waals surface area contributed by atoms with Crippen LogP contribution in [0, 0.1) is 6.92 Å². The molecule has 1 saturated heterocycles. The summed E-state index contributed by atoms with van der Waals surface area (Å²) in [5.41, 5.74) is 1.20. The Hall–Kier alpha value is -0.490. The monoisotopic (exact) mass is 296 g/mol. The Kier molecular flexibility index (Phi) is 5.96. The molecule has 2 heterocycles. The Morgan fingerprint density at radius 2 is 2.15 bits per heavy atom. The number of aromatic nitrogens is 1. The molecule has 1 unspecified atom stereocenters. The highest BCUT2D eigenvalue weighted by molar-refractivity contribution is 7.11. The minimum absolute atomic E-state index is 0.450. The molecule has 1 aromatic rings. The molecule has 0 spiro atoms. The van der Waals surface area contributed by atoms with Crippen LogP contribution in [0.15, 0.2) is 0 Å². The molecule has 0 aliphatic carbocycles. The molecule has 1 atom stereocenters. The van der Waals surface area contributed by atoms with E-state index in [0.29, 0.717) is 6.04 Å². The van der Waals surface area contributed by atoms with Gasteiger partial charge in [-0.05, 0) is 53.5 Å². The fourth-order valence-corrected chi connectivity index (χ4v) is 3.87. The van der Waals surface area contributed by atoms with E-state index >= 15 is 0 Å². The van der Waals surface area contributed by atoms with Crippen molar-refractivity contribution >= 4 is 11.3 Å². The van der Waals surface area contributed by atoms with E-state index in [2.05, 4.69) is 43.1 Å². The minimum atomic E-state index is 0.450. The summed E-state index contributed by atoms with van der Waals surface area (Å²) in [5.74, 6) is 0. The molecule has 5 heteroatoms. The van der Waals surface area contributed by atoms with Crippen molar-refractivity contribution in [1.29, 1.82) is 0 Å². The number of likely N-dealkylation sites (N-methyl/N-ethyl adjacent to an activating group) is 2. The van der Waals surface area contributed by atoms with E-state index in [1.807, 2.05) is 11.3 Å². The molecule has 1 aromatic heterocycles. The number of rotatable bonds is 5. The van der Waals surface area contributed by atoms with Gasteiger partial charge in [-0.25, -0.2) is 4.98 Å². The van der Waals surface area contributed by atoms with Gasteiger partial charge < -0.3 is 10.2 Å². The second-order valence-corrected chi connectivity index (χ2v) is 6.96. The predicted octanol–water partition coefficient (Wildman–Crippen LogP) is 2.26. The molecule has 114 valence electrons. The van der Waals surface area contributed by atoms with Crippen molar-refractivity contribution in [2.24, 2.45) is 0 Å². The van der Waals surface area contributed by atoms with Crippen LogP contribution in [-0.4, -0.2) is 55.1 Å². The molecule has 20 heavy (non-hydrogen) atoms. The van der Waals surface area contributed by atoms with Crippen molar-refractivity contribution in [3.05, 3.63) is 15.6 Å². The molecule has 2 rings (SSSR count). The summed E-state index contributed by atoms with van der Waals surface area (Å²) in [7, 11) is 4.45. The zero-order valence-electron chi connectivity index (χ0n) is 13.3. The Morgan fingerprint density at radius 1 is 1.35 bits per heavy atom. The lowest BCUT2D eigenvalue weighted by Crippen LogP contribution is -2.30. The summed E-state index contributed by atoms with van der Waals surface area (Å²) in [6.07, 6.45) is 2.43. The van der Waals surface area contributed by atoms with E-state index < -0.39 is 0 Å². The molecule has 4 nitrogen and oxygen atoms in total. The molecule has 0 bridgehead atoms. The van der Waals surface area contributed by atoms with E-state index in [0.717, 1.165) is 26.2 Å². The zero-order chi connectivity index (χ0) is 14.5. The van der Waals surface area contributed by atoms with E-state index in [4.69, 9.17) is 4.98 Å². The van der Waals surface area contributed by atoms with E-state index in [-0.39, 0.29) is 0 Å². The zero-order valence-corrected chi connectivity index (χ0v) is 14.1. The average molecular weight is 296 g/mol. The van der Waals surface area contributed by atoms with Gasteiger partial charge in [0.2, 0.25) is 0 Å². The minimum Gasteiger partial charge on any atom is -0.312 e. The van der Waals surface area contributed by atoms with Gasteiger partial charge in [0.05, 0.1) is 11.7 Å². The normalized spacial score (nSPS) is 22.1. The number of hydrogen-bond donors (Lipinski definition) is 1. The lowest BCUT2D eigenvalue weighted by atomic mass is 10.2. The molecule has 1 fully saturated rings. The number of nitrogens with zero attached hydrogens (tertiary/aromatic N) is 3. The highest BCUT2D eigenvalue weighted by atomic mass is 32.1. The first-order valence-corrected chi connectivity index (χ1v) is 8.49. The first kappa shape index (κ1) is 15.9. The maximum atomic E-state index is 4.85. The predicted molar refractivity (Wildman–Crippen MR) is 86.3 cm³/mol. The van der Waals surface area contributed by atoms with Gasteiger partial charge in [0, 0.05) is 18.0 Å². The van der Waals surface area contributed by atoms with Crippen LogP contribution < -0.4 is 5.32 Å². The molecule has 1 aliphatic rings. The van der Waals surface area contributed by atoms with E-state index in [9.17, 15) is 0 Å². The number of aryl methyl sites for hydroxylation is 1. The van der Waals surface area contributed by atoms with Crippen LogP contribution in [0.4, 0.5) is 0 Å². The van der Waals surface area contributed by atoms with Crippen molar-refractivity contribution in [3.8, 4) is 0 Å². The van der Waals surface area contributed by atoms with E-state index in [1.54, 1.807) is 0 Å². The first-order chi connectivity index (χ1) is 9.61. The van der Waals surface area contributed by atoms with Crippen LogP contribution >= 0.6 is 11.3 Å². The largest absolute Gasteiger partial charge is 0.312 e. The molecule has 1 aliphatic heterocycles. The van der Waals surface area contributed by atoms with Gasteiger partial charge in [0.15, 0.2) is 0 Å². The van der Waals surface area contributed by atoms with Crippen molar-refractivity contribution < 1.29 is 0 Å². The van der Waals surface area contributed by atoms with Gasteiger partial charge in [0.25, 0.3) is 0 Å². The lowest BCUT2D eigenvalue weighted by molar-refractivity contribution is 0.228. The van der Waals surface area contributed by atoms with Crippen molar-refractivity contribution in [3.63, 3.8) is 0 Å². The number of nitrogens with one attached hydrogen (secondary N) is 1. The summed E-state index contributed by atoms with van der Waals surface area (Å²) in [6.45, 7) is 9.83. The first-order valence-electron chi connectivity index (χ1n) is 7.67. The Labute approximate surface area is 127 Å². The molecule has 0 amide bonds. The van der Waals surface area contributed by atoms with Crippen LogP contribution in [0.1, 0.15) is 41.4 Å². The Bertz CT molecular complexity index is 418. The topological polar surface area (TPSA) is 31.4 Å². The van der Waals surface area contributed by atoms with Crippen molar-refractivity contribution in [2.45, 2.75) is 39.3 Å². The lowest BCUT2D eigenvalue weighted by Gasteiger charge is -2.25. The fourth-order valence-electron chi connectivity index (χ4n) is 2.67. The van der Waals surface area contributed by atoms with Gasteiger partial charge in [-0.1, -0.05) is 6.92 Å². The Balaban J connectivity index is 2.08. The third-order valence-corrected chi connectivity index (χ3v) is 5.23. The maximum absolute atomic E-state index is 4.85. The molecule has 0 saturated carbocycles. The standard InChI is InChI=1S/C15H28N4S/c1-5-7-16-10-14-12(2)17-15(20-14)13-11-18(3)8-6-9-19(13)4/h13,16H,5-11H2,1-4H3. The SMILES string of the molecule is CCCNCc1sc(C2CN(C)CCCN2C)nc1C. The van der Waals surface area contributed by atoms with Crippen LogP contribution in [0.25, 0.3) is 0 Å². The van der Waals surface area contributed by atoms with Gasteiger partial charge in [-0.3, -0.25) is 4.90 Å². The van der Waals surface area contributed by atoms with Gasteiger partial charge in [0.1, 0.15) is 5.01 Å². The molecule has 0 aromatic carbocycles. The summed E-state index contributed by atoms with van der Waals surface area (Å²) in [6, 6.07) is 0.450. The van der Waals surface area contributed by atoms with Crippen LogP contribution in [-0.2, 0) is 6.54 Å². The third-order valence-electron chi connectivity index (χ3n) is 3.97. The summed E-state index contributed by atoms with van der Waals surface area (Å²) in [4.78, 5) is 11.1. The van der Waals surface area contributed by atoms with E-state index in [1.165, 1.54) is 35.0 Å². The maximum Gasteiger partial charge on any atom is 0.112 e. The van der Waals surface area contributed by atoms with Crippen molar-refractivity contribution in [2.75, 3.05) is 40.3 Å². The van der Waals surface area contributed by atoms with Crippen molar-refractivity contribution in [1.82, 2.24) is 20.1 Å². The molecular formula is C15H28N4S. The highest BCUT2D eigenvalue weighted by Crippen LogP contribution is 2.29. The Morgan fingerprint density at radius 3 is 2.90 bits per heavy atom. The average Bonchev–Trinajstić information content (AvgIpc) is 2.68. The molecular weight excluding hydrogens is 268 g/mol. The molecule has 0 radical (unpaired) electrons. The fraction of sp³-hybridized carbons (Fsp3) is 0.800. The van der Waals surface area contributed by atoms with Crippen LogP contribution in [0.5, 0.6) is 0 Å². The summed E-state index contributed by atoms with van der Waals surface area (Å²) >= 11 is 1.89. The summed E-state index contributed by atoms with van der Waals surface area (Å²) in [5, 5.41) is 4.77. The highest BCUT2D eigenvalue weighted by Gasteiger charge is 2.25. The third kappa shape index (κ3) is 4.01. The number of hydrogen-bond acceptors (Lipinski definition) is 5.